The van der Waals surface area contributed by atoms with Crippen molar-refractivity contribution in [3.05, 3.63) is 18.0 Å². The molecule has 0 aliphatic heterocycles. The van der Waals surface area contributed by atoms with Crippen LogP contribution in [0, 0.1) is 5.92 Å². The summed E-state index contributed by atoms with van der Waals surface area (Å²) in [5, 5.41) is 4.26. The normalized spacial score (nSPS) is 14.8. The summed E-state index contributed by atoms with van der Waals surface area (Å²) in [7, 11) is 1.73. The highest BCUT2D eigenvalue weighted by Gasteiger charge is 2.13. The van der Waals surface area contributed by atoms with Crippen molar-refractivity contribution < 1.29 is 4.74 Å². The maximum atomic E-state index is 5.59. The summed E-state index contributed by atoms with van der Waals surface area (Å²) in [6.45, 7) is 5.92. The SMILES string of the molecule is CCn1cc(CC(CC(C)COC)NN)cn1. The summed E-state index contributed by atoms with van der Waals surface area (Å²) in [6.07, 6.45) is 5.90. The van der Waals surface area contributed by atoms with Crippen LogP contribution in [0.25, 0.3) is 0 Å². The lowest BCUT2D eigenvalue weighted by Crippen LogP contribution is -2.38. The van der Waals surface area contributed by atoms with Crippen LogP contribution in [-0.2, 0) is 17.7 Å². The van der Waals surface area contributed by atoms with E-state index in [0.29, 0.717) is 5.92 Å². The number of methoxy groups -OCH3 is 1. The van der Waals surface area contributed by atoms with E-state index in [-0.39, 0.29) is 6.04 Å². The zero-order valence-electron chi connectivity index (χ0n) is 11.0. The minimum atomic E-state index is 0.273. The Bertz CT molecular complexity index is 313. The molecule has 1 rings (SSSR count). The lowest BCUT2D eigenvalue weighted by Gasteiger charge is -2.19. The average molecular weight is 240 g/mol. The summed E-state index contributed by atoms with van der Waals surface area (Å²) in [6, 6.07) is 0.273. The van der Waals surface area contributed by atoms with Crippen LogP contribution in [0.4, 0.5) is 0 Å². The van der Waals surface area contributed by atoms with Gasteiger partial charge in [0.15, 0.2) is 0 Å². The zero-order chi connectivity index (χ0) is 12.7. The van der Waals surface area contributed by atoms with E-state index in [9.17, 15) is 0 Å². The molecule has 0 radical (unpaired) electrons. The van der Waals surface area contributed by atoms with Crippen molar-refractivity contribution in [1.29, 1.82) is 0 Å². The number of aromatic nitrogens is 2. The van der Waals surface area contributed by atoms with Gasteiger partial charge in [-0.25, -0.2) is 0 Å². The molecule has 5 heteroatoms. The fraction of sp³-hybridized carbons (Fsp3) is 0.750. The first-order valence-corrected chi connectivity index (χ1v) is 6.16. The number of nitrogens with one attached hydrogen (secondary N) is 1. The van der Waals surface area contributed by atoms with E-state index in [1.54, 1.807) is 7.11 Å². The lowest BCUT2D eigenvalue weighted by molar-refractivity contribution is 0.149. The molecule has 17 heavy (non-hydrogen) atoms. The fourth-order valence-electron chi connectivity index (χ4n) is 2.02. The molecule has 0 saturated carbocycles. The number of nitrogens with two attached hydrogens (primary N) is 1. The van der Waals surface area contributed by atoms with Crippen molar-refractivity contribution in [2.24, 2.45) is 11.8 Å². The van der Waals surface area contributed by atoms with Gasteiger partial charge in [0.1, 0.15) is 0 Å². The summed E-state index contributed by atoms with van der Waals surface area (Å²) in [5.74, 6) is 6.09. The summed E-state index contributed by atoms with van der Waals surface area (Å²) < 4.78 is 7.07. The summed E-state index contributed by atoms with van der Waals surface area (Å²) in [5.41, 5.74) is 4.10. The molecular weight excluding hydrogens is 216 g/mol. The Labute approximate surface area is 103 Å². The van der Waals surface area contributed by atoms with Gasteiger partial charge in [0.2, 0.25) is 0 Å². The van der Waals surface area contributed by atoms with Crippen molar-refractivity contribution >= 4 is 0 Å². The number of hydrogen-bond acceptors (Lipinski definition) is 4. The molecule has 0 aliphatic carbocycles. The smallest absolute Gasteiger partial charge is 0.0522 e. The Morgan fingerprint density at radius 3 is 2.88 bits per heavy atom. The number of aryl methyl sites for hydroxylation is 1. The summed E-state index contributed by atoms with van der Waals surface area (Å²) >= 11 is 0. The van der Waals surface area contributed by atoms with Crippen LogP contribution >= 0.6 is 0 Å². The van der Waals surface area contributed by atoms with Gasteiger partial charge in [-0.05, 0) is 31.2 Å². The van der Waals surface area contributed by atoms with Crippen LogP contribution in [0.1, 0.15) is 25.8 Å². The molecule has 0 spiro atoms. The molecule has 0 saturated heterocycles. The van der Waals surface area contributed by atoms with E-state index in [1.807, 2.05) is 10.9 Å². The van der Waals surface area contributed by atoms with Crippen molar-refractivity contribution in [3.8, 4) is 0 Å². The third kappa shape index (κ3) is 4.85. The molecule has 2 atom stereocenters. The molecule has 0 amide bonds. The van der Waals surface area contributed by atoms with Crippen molar-refractivity contribution in [2.45, 2.75) is 39.3 Å². The molecule has 3 N–H and O–H groups in total. The molecule has 1 aromatic rings. The van der Waals surface area contributed by atoms with Gasteiger partial charge in [0.05, 0.1) is 6.20 Å². The predicted octanol–water partition coefficient (Wildman–Crippen LogP) is 0.950. The molecule has 0 fully saturated rings. The van der Waals surface area contributed by atoms with Crippen LogP contribution in [0.15, 0.2) is 12.4 Å². The Morgan fingerprint density at radius 2 is 2.35 bits per heavy atom. The molecule has 98 valence electrons. The Hall–Kier alpha value is -0.910. The number of nitrogens with zero attached hydrogens (tertiary/aromatic N) is 2. The van der Waals surface area contributed by atoms with E-state index in [0.717, 1.165) is 26.0 Å². The van der Waals surface area contributed by atoms with Crippen molar-refractivity contribution in [2.75, 3.05) is 13.7 Å². The molecule has 0 aliphatic rings. The number of rotatable bonds is 8. The molecular formula is C12H24N4O. The lowest BCUT2D eigenvalue weighted by atomic mass is 9.98. The second-order valence-electron chi connectivity index (χ2n) is 4.57. The second kappa shape index (κ2) is 7.42. The minimum absolute atomic E-state index is 0.273. The maximum Gasteiger partial charge on any atom is 0.0522 e. The molecule has 1 heterocycles. The zero-order valence-corrected chi connectivity index (χ0v) is 11.0. The minimum Gasteiger partial charge on any atom is -0.384 e. The van der Waals surface area contributed by atoms with E-state index in [4.69, 9.17) is 10.6 Å². The van der Waals surface area contributed by atoms with Gasteiger partial charge in [0, 0.05) is 32.5 Å². The van der Waals surface area contributed by atoms with Gasteiger partial charge >= 0.3 is 0 Å². The Morgan fingerprint density at radius 1 is 1.59 bits per heavy atom. The van der Waals surface area contributed by atoms with Crippen molar-refractivity contribution in [3.63, 3.8) is 0 Å². The van der Waals surface area contributed by atoms with E-state index in [1.165, 1.54) is 5.56 Å². The monoisotopic (exact) mass is 240 g/mol. The first-order chi connectivity index (χ1) is 8.19. The summed E-state index contributed by atoms with van der Waals surface area (Å²) in [4.78, 5) is 0. The molecule has 0 aromatic carbocycles. The van der Waals surface area contributed by atoms with Crippen molar-refractivity contribution in [1.82, 2.24) is 15.2 Å². The maximum absolute atomic E-state index is 5.59. The highest BCUT2D eigenvalue weighted by atomic mass is 16.5. The number of hydrazine groups is 1. The fourth-order valence-corrected chi connectivity index (χ4v) is 2.02. The third-order valence-electron chi connectivity index (χ3n) is 2.87. The molecule has 5 nitrogen and oxygen atoms in total. The quantitative estimate of drug-likeness (QED) is 0.524. The van der Waals surface area contributed by atoms with Crippen LogP contribution in [-0.4, -0.2) is 29.5 Å². The topological polar surface area (TPSA) is 65.1 Å². The molecule has 1 aromatic heterocycles. The van der Waals surface area contributed by atoms with E-state index < -0.39 is 0 Å². The first kappa shape index (κ1) is 14.2. The van der Waals surface area contributed by atoms with E-state index >= 15 is 0 Å². The van der Waals surface area contributed by atoms with Crippen LogP contribution in [0.5, 0.6) is 0 Å². The standard InChI is InChI=1S/C12H24N4O/c1-4-16-8-11(7-14-16)6-12(15-13)5-10(2)9-17-3/h7-8,10,12,15H,4-6,9,13H2,1-3H3. The third-order valence-corrected chi connectivity index (χ3v) is 2.87. The molecule has 2 unspecified atom stereocenters. The van der Waals surface area contributed by atoms with Gasteiger partial charge < -0.3 is 4.74 Å². The highest BCUT2D eigenvalue weighted by molar-refractivity contribution is 5.06. The van der Waals surface area contributed by atoms with Crippen LogP contribution in [0.3, 0.4) is 0 Å². The van der Waals surface area contributed by atoms with Crippen LogP contribution in [0.2, 0.25) is 0 Å². The first-order valence-electron chi connectivity index (χ1n) is 6.16. The highest BCUT2D eigenvalue weighted by Crippen LogP contribution is 2.11. The van der Waals surface area contributed by atoms with Gasteiger partial charge in [-0.2, -0.15) is 5.10 Å². The Balaban J connectivity index is 2.45. The number of hydrogen-bond donors (Lipinski definition) is 2. The molecule has 0 bridgehead atoms. The predicted molar refractivity (Wildman–Crippen MR) is 68.4 cm³/mol. The van der Waals surface area contributed by atoms with Gasteiger partial charge in [-0.3, -0.25) is 16.0 Å². The second-order valence-corrected chi connectivity index (χ2v) is 4.57. The van der Waals surface area contributed by atoms with Gasteiger partial charge in [-0.1, -0.05) is 6.92 Å². The Kier molecular flexibility index (Phi) is 6.18. The largest absolute Gasteiger partial charge is 0.384 e. The van der Waals surface area contributed by atoms with E-state index in [2.05, 4.69) is 30.6 Å². The van der Waals surface area contributed by atoms with Crippen LogP contribution < -0.4 is 11.3 Å². The van der Waals surface area contributed by atoms with Gasteiger partial charge in [-0.15, -0.1) is 0 Å². The average Bonchev–Trinajstić information content (AvgIpc) is 2.76. The van der Waals surface area contributed by atoms with Gasteiger partial charge in [0.25, 0.3) is 0 Å². The number of ether oxygens (including phenoxy) is 1.